The second kappa shape index (κ2) is 7.74. The molecule has 32 heavy (non-hydrogen) atoms. The molecule has 3 aromatic rings. The van der Waals surface area contributed by atoms with E-state index in [4.69, 9.17) is 20.2 Å². The number of benzene rings is 2. The van der Waals surface area contributed by atoms with Crippen molar-refractivity contribution in [2.24, 2.45) is 11.7 Å². The summed E-state index contributed by atoms with van der Waals surface area (Å²) in [6.07, 6.45) is 2.74. The van der Waals surface area contributed by atoms with E-state index in [0.29, 0.717) is 41.6 Å². The van der Waals surface area contributed by atoms with Gasteiger partial charge in [-0.05, 0) is 49.4 Å². The Morgan fingerprint density at radius 2 is 2.12 bits per heavy atom. The maximum atomic E-state index is 11.9. The number of carboxylic acids is 1. The Morgan fingerprint density at radius 3 is 2.81 bits per heavy atom. The van der Waals surface area contributed by atoms with Gasteiger partial charge in [-0.15, -0.1) is 0 Å². The molecule has 1 amide bonds. The number of carboxylic acid groups (broad SMARTS) is 1. The fourth-order valence-corrected chi connectivity index (χ4v) is 4.31. The number of carbonyl (C=O) groups is 2. The number of primary amides is 1. The average molecular weight is 436 g/mol. The van der Waals surface area contributed by atoms with E-state index in [2.05, 4.69) is 9.88 Å². The van der Waals surface area contributed by atoms with Gasteiger partial charge >= 0.3 is 5.97 Å². The Hall–Kier alpha value is -3.75. The third-order valence-electron chi connectivity index (χ3n) is 6.00. The number of ether oxygens (including phenoxy) is 2. The Labute approximate surface area is 184 Å². The molecule has 1 saturated carbocycles. The predicted molar refractivity (Wildman–Crippen MR) is 118 cm³/mol. The topological polar surface area (TPSA) is 129 Å². The van der Waals surface area contributed by atoms with Crippen molar-refractivity contribution in [2.45, 2.75) is 31.8 Å². The number of hydrogen-bond acceptors (Lipinski definition) is 6. The molecular weight excluding hydrogens is 412 g/mol. The first-order chi connectivity index (χ1) is 15.5. The van der Waals surface area contributed by atoms with Gasteiger partial charge in [-0.1, -0.05) is 0 Å². The summed E-state index contributed by atoms with van der Waals surface area (Å²) in [5.74, 6) is 0.440. The van der Waals surface area contributed by atoms with Crippen LogP contribution in [0.3, 0.4) is 0 Å². The largest absolute Gasteiger partial charge is 0.496 e. The van der Waals surface area contributed by atoms with Gasteiger partial charge in [0, 0.05) is 23.9 Å². The Balaban J connectivity index is 1.62. The Morgan fingerprint density at radius 1 is 1.31 bits per heavy atom. The zero-order valence-corrected chi connectivity index (χ0v) is 17.6. The first kappa shape index (κ1) is 20.2. The summed E-state index contributed by atoms with van der Waals surface area (Å²) in [5, 5.41) is 12.8. The summed E-state index contributed by atoms with van der Waals surface area (Å²) in [7, 11) is 1.44. The molecule has 2 heterocycles. The second-order valence-electron chi connectivity index (χ2n) is 8.21. The monoisotopic (exact) mass is 436 g/mol. The minimum atomic E-state index is -1.07. The number of rotatable bonds is 7. The summed E-state index contributed by atoms with van der Waals surface area (Å²) in [4.78, 5) is 28.4. The highest BCUT2D eigenvalue weighted by atomic mass is 16.5. The second-order valence-corrected chi connectivity index (χ2v) is 8.21. The molecule has 1 atom stereocenters. The van der Waals surface area contributed by atoms with E-state index in [0.717, 1.165) is 30.5 Å². The third-order valence-corrected chi connectivity index (χ3v) is 6.00. The number of aromatic nitrogens is 2. The van der Waals surface area contributed by atoms with Gasteiger partial charge in [-0.25, -0.2) is 9.78 Å². The minimum Gasteiger partial charge on any atom is -0.496 e. The molecule has 4 N–H and O–H groups in total. The van der Waals surface area contributed by atoms with Crippen molar-refractivity contribution < 1.29 is 24.2 Å². The number of aromatic carboxylic acids is 1. The van der Waals surface area contributed by atoms with Crippen LogP contribution in [-0.4, -0.2) is 46.3 Å². The van der Waals surface area contributed by atoms with Crippen LogP contribution in [-0.2, 0) is 11.3 Å². The highest BCUT2D eigenvalue weighted by Gasteiger charge is 2.35. The molecule has 166 valence electrons. The van der Waals surface area contributed by atoms with E-state index in [1.807, 2.05) is 12.1 Å². The number of aryl methyl sites for hydroxylation is 1. The lowest BCUT2D eigenvalue weighted by atomic mass is 10.1. The van der Waals surface area contributed by atoms with Gasteiger partial charge in [0.05, 0.1) is 19.2 Å². The first-order valence-electron chi connectivity index (χ1n) is 10.6. The number of methoxy groups -OCH3 is 1. The van der Waals surface area contributed by atoms with E-state index >= 15 is 0 Å². The molecule has 1 aliphatic heterocycles. The molecule has 1 aliphatic carbocycles. The summed E-state index contributed by atoms with van der Waals surface area (Å²) in [6.45, 7) is 1.23. The van der Waals surface area contributed by atoms with Gasteiger partial charge in [0.2, 0.25) is 5.91 Å². The fourth-order valence-electron chi connectivity index (χ4n) is 4.31. The molecule has 2 aliphatic rings. The first-order valence-corrected chi connectivity index (χ1v) is 10.6. The van der Waals surface area contributed by atoms with Crippen LogP contribution in [0.2, 0.25) is 0 Å². The summed E-state index contributed by atoms with van der Waals surface area (Å²) in [5.41, 5.74) is 8.62. The molecule has 0 unspecified atom stereocenters. The summed E-state index contributed by atoms with van der Waals surface area (Å²) in [6, 6.07) is 8.35. The lowest BCUT2D eigenvalue weighted by Crippen LogP contribution is -2.37. The minimum absolute atomic E-state index is 0.0750. The van der Waals surface area contributed by atoms with Crippen LogP contribution in [0.5, 0.6) is 11.5 Å². The molecule has 0 radical (unpaired) electrons. The van der Waals surface area contributed by atoms with Gasteiger partial charge in [-0.2, -0.15) is 0 Å². The maximum Gasteiger partial charge on any atom is 0.339 e. The van der Waals surface area contributed by atoms with Crippen LogP contribution in [0.4, 0.5) is 5.69 Å². The molecule has 0 spiro atoms. The van der Waals surface area contributed by atoms with Crippen molar-refractivity contribution in [3.8, 4) is 22.9 Å². The lowest BCUT2D eigenvalue weighted by molar-refractivity contribution is -0.119. The van der Waals surface area contributed by atoms with Crippen LogP contribution in [0.15, 0.2) is 30.3 Å². The lowest BCUT2D eigenvalue weighted by Gasteiger charge is -2.17. The molecule has 2 aromatic carbocycles. The summed E-state index contributed by atoms with van der Waals surface area (Å²) >= 11 is 0. The number of amides is 1. The van der Waals surface area contributed by atoms with E-state index < -0.39 is 12.0 Å². The Kier molecular flexibility index (Phi) is 4.88. The van der Waals surface area contributed by atoms with Crippen LogP contribution in [0.25, 0.3) is 22.4 Å². The van der Waals surface area contributed by atoms with Crippen molar-refractivity contribution in [3.63, 3.8) is 0 Å². The molecule has 1 aromatic heterocycles. The van der Waals surface area contributed by atoms with Gasteiger partial charge < -0.3 is 30.2 Å². The molecule has 9 nitrogen and oxygen atoms in total. The molecule has 1 fully saturated rings. The van der Waals surface area contributed by atoms with Crippen LogP contribution < -0.4 is 20.5 Å². The third kappa shape index (κ3) is 3.49. The number of nitrogens with one attached hydrogen (secondary N) is 1. The molecular formula is C23H24N4O5. The smallest absolute Gasteiger partial charge is 0.339 e. The van der Waals surface area contributed by atoms with Gasteiger partial charge in [0.15, 0.2) is 0 Å². The zero-order valence-electron chi connectivity index (χ0n) is 17.6. The number of imidazole rings is 1. The van der Waals surface area contributed by atoms with E-state index in [-0.39, 0.29) is 17.4 Å². The van der Waals surface area contributed by atoms with E-state index in [9.17, 15) is 14.7 Å². The molecule has 9 heteroatoms. The highest BCUT2D eigenvalue weighted by molar-refractivity contribution is 5.94. The standard InChI is InChI=1S/C23H24N4O5/c1-31-17-6-5-13(9-15(17)23(29)30)22-26-16-10-14(25-19(21(24)28)12-3-4-12)11-18-20(16)27(22)7-2-8-32-18/h5-6,9-12,19,25H,2-4,7-8H2,1H3,(H2,24,28)(H,29,30)/t19-/m0/s1. The predicted octanol–water partition coefficient (Wildman–Crippen LogP) is 2.87. The number of hydrogen-bond donors (Lipinski definition) is 3. The van der Waals surface area contributed by atoms with Crippen molar-refractivity contribution in [1.82, 2.24) is 9.55 Å². The van der Waals surface area contributed by atoms with Gasteiger partial charge in [0.25, 0.3) is 0 Å². The Bertz CT molecular complexity index is 1230. The summed E-state index contributed by atoms with van der Waals surface area (Å²) < 4.78 is 13.2. The van der Waals surface area contributed by atoms with Crippen LogP contribution in [0.1, 0.15) is 29.6 Å². The van der Waals surface area contributed by atoms with Gasteiger partial charge in [-0.3, -0.25) is 4.79 Å². The van der Waals surface area contributed by atoms with Crippen molar-refractivity contribution >= 4 is 28.6 Å². The SMILES string of the molecule is COc1ccc(-c2nc3cc(N[C@H](C(N)=O)C4CC4)cc4c3n2CCCO4)cc1C(=O)O. The van der Waals surface area contributed by atoms with Gasteiger partial charge in [0.1, 0.15) is 34.4 Å². The number of anilines is 1. The van der Waals surface area contributed by atoms with E-state index in [1.54, 1.807) is 18.2 Å². The zero-order chi connectivity index (χ0) is 22.4. The normalized spacial score (nSPS) is 16.2. The quantitative estimate of drug-likeness (QED) is 0.519. The molecule has 5 rings (SSSR count). The number of nitrogens with two attached hydrogens (primary N) is 1. The van der Waals surface area contributed by atoms with Crippen LogP contribution >= 0.6 is 0 Å². The molecule has 0 saturated heterocycles. The number of carbonyl (C=O) groups excluding carboxylic acids is 1. The molecule has 0 bridgehead atoms. The van der Waals surface area contributed by atoms with Crippen molar-refractivity contribution in [1.29, 1.82) is 0 Å². The van der Waals surface area contributed by atoms with Crippen molar-refractivity contribution in [3.05, 3.63) is 35.9 Å². The van der Waals surface area contributed by atoms with Crippen molar-refractivity contribution in [2.75, 3.05) is 19.0 Å². The van der Waals surface area contributed by atoms with E-state index in [1.165, 1.54) is 7.11 Å². The highest BCUT2D eigenvalue weighted by Crippen LogP contribution is 2.39. The maximum absolute atomic E-state index is 11.9. The fraction of sp³-hybridized carbons (Fsp3) is 0.348. The number of nitrogens with zero attached hydrogens (tertiary/aromatic N) is 2. The van der Waals surface area contributed by atoms with Crippen LogP contribution in [0, 0.1) is 5.92 Å². The average Bonchev–Trinajstić information content (AvgIpc) is 3.57.